The molecule has 0 unspecified atom stereocenters. The zero-order chi connectivity index (χ0) is 10.1. The van der Waals surface area contributed by atoms with Crippen LogP contribution in [0.5, 0.6) is 0 Å². The molecule has 0 amide bonds. The monoisotopic (exact) mass is 201 g/mol. The third kappa shape index (κ3) is 1.81. The van der Waals surface area contributed by atoms with Crippen LogP contribution in [0.15, 0.2) is 30.3 Å². The van der Waals surface area contributed by atoms with E-state index >= 15 is 0 Å². The first-order chi connectivity index (χ1) is 7.43. The lowest BCUT2D eigenvalue weighted by Crippen LogP contribution is -2.33. The summed E-state index contributed by atoms with van der Waals surface area (Å²) in [7, 11) is 0. The molecule has 2 fully saturated rings. The van der Waals surface area contributed by atoms with Crippen molar-refractivity contribution >= 4 is 0 Å². The fourth-order valence-electron chi connectivity index (χ4n) is 3.22. The Morgan fingerprint density at radius 2 is 1.93 bits per heavy atom. The van der Waals surface area contributed by atoms with Crippen molar-refractivity contribution in [2.75, 3.05) is 13.1 Å². The first-order valence-corrected chi connectivity index (χ1v) is 6.22. The molecule has 1 aromatic rings. The Balaban J connectivity index is 1.75. The number of hydrogen-bond donors (Lipinski definition) is 0. The van der Waals surface area contributed by atoms with E-state index < -0.39 is 0 Å². The van der Waals surface area contributed by atoms with Crippen LogP contribution >= 0.6 is 0 Å². The highest BCUT2D eigenvalue weighted by atomic mass is 15.2. The molecule has 0 aromatic heterocycles. The molecule has 2 aliphatic rings. The molecule has 2 atom stereocenters. The zero-order valence-corrected chi connectivity index (χ0v) is 9.23. The smallest absolute Gasteiger partial charge is 0.0102 e. The van der Waals surface area contributed by atoms with Crippen LogP contribution in [-0.4, -0.2) is 24.0 Å². The third-order valence-corrected chi connectivity index (χ3v) is 4.03. The molecule has 1 aromatic carbocycles. The van der Waals surface area contributed by atoms with Crippen LogP contribution in [0.2, 0.25) is 0 Å². The summed E-state index contributed by atoms with van der Waals surface area (Å²) in [6.45, 7) is 2.64. The highest BCUT2D eigenvalue weighted by Crippen LogP contribution is 2.35. The number of piperidine rings is 1. The molecule has 0 radical (unpaired) electrons. The summed E-state index contributed by atoms with van der Waals surface area (Å²) in [5.41, 5.74) is 1.55. The molecule has 0 spiro atoms. The molecule has 2 aliphatic heterocycles. The Kier molecular flexibility index (Phi) is 2.49. The third-order valence-electron chi connectivity index (χ3n) is 4.03. The van der Waals surface area contributed by atoms with Crippen LogP contribution in [-0.2, 0) is 0 Å². The predicted molar refractivity (Wildman–Crippen MR) is 63.0 cm³/mol. The van der Waals surface area contributed by atoms with Crippen molar-refractivity contribution in [3.8, 4) is 0 Å². The van der Waals surface area contributed by atoms with E-state index in [0.717, 1.165) is 12.0 Å². The van der Waals surface area contributed by atoms with Gasteiger partial charge in [0.2, 0.25) is 0 Å². The number of hydrogen-bond acceptors (Lipinski definition) is 1. The van der Waals surface area contributed by atoms with Gasteiger partial charge in [0.05, 0.1) is 0 Å². The van der Waals surface area contributed by atoms with Crippen molar-refractivity contribution in [2.24, 2.45) is 0 Å². The van der Waals surface area contributed by atoms with Crippen molar-refractivity contribution in [1.82, 2.24) is 4.90 Å². The normalized spacial score (nSPS) is 31.5. The standard InChI is InChI=1S/C14H19N/c1-2-6-12(7-3-1)13-10-14-8-4-5-9-15(14)11-13/h1-3,6-7,13-14H,4-5,8-11H2/t13-,14+/m0/s1. The summed E-state index contributed by atoms with van der Waals surface area (Å²) in [4.78, 5) is 2.71. The average molecular weight is 201 g/mol. The predicted octanol–water partition coefficient (Wildman–Crippen LogP) is 3.03. The lowest BCUT2D eigenvalue weighted by molar-refractivity contribution is 0.197. The van der Waals surface area contributed by atoms with Crippen molar-refractivity contribution in [1.29, 1.82) is 0 Å². The minimum atomic E-state index is 0.800. The van der Waals surface area contributed by atoms with Crippen LogP contribution in [0.3, 0.4) is 0 Å². The zero-order valence-electron chi connectivity index (χ0n) is 9.23. The molecule has 1 nitrogen and oxygen atoms in total. The Morgan fingerprint density at radius 1 is 1.07 bits per heavy atom. The van der Waals surface area contributed by atoms with Crippen LogP contribution in [0, 0.1) is 0 Å². The Bertz CT molecular complexity index is 305. The van der Waals surface area contributed by atoms with Gasteiger partial charge in [-0.2, -0.15) is 0 Å². The largest absolute Gasteiger partial charge is 0.300 e. The highest BCUT2D eigenvalue weighted by molar-refractivity contribution is 5.21. The summed E-state index contributed by atoms with van der Waals surface area (Å²) in [6.07, 6.45) is 5.69. The fourth-order valence-corrected chi connectivity index (χ4v) is 3.22. The quantitative estimate of drug-likeness (QED) is 0.675. The molecule has 0 N–H and O–H groups in total. The number of nitrogens with zero attached hydrogens (tertiary/aromatic N) is 1. The van der Waals surface area contributed by atoms with E-state index in [2.05, 4.69) is 35.2 Å². The minimum Gasteiger partial charge on any atom is -0.300 e. The second-order valence-electron chi connectivity index (χ2n) is 4.99. The van der Waals surface area contributed by atoms with Crippen molar-refractivity contribution < 1.29 is 0 Å². The van der Waals surface area contributed by atoms with Gasteiger partial charge in [-0.25, -0.2) is 0 Å². The van der Waals surface area contributed by atoms with Gasteiger partial charge in [-0.3, -0.25) is 4.90 Å². The second-order valence-corrected chi connectivity index (χ2v) is 4.99. The van der Waals surface area contributed by atoms with Crippen LogP contribution < -0.4 is 0 Å². The van der Waals surface area contributed by atoms with Gasteiger partial charge >= 0.3 is 0 Å². The Hall–Kier alpha value is -0.820. The minimum absolute atomic E-state index is 0.800. The number of rotatable bonds is 1. The molecule has 3 rings (SSSR count). The first kappa shape index (κ1) is 9.41. The first-order valence-electron chi connectivity index (χ1n) is 6.22. The highest BCUT2D eigenvalue weighted by Gasteiger charge is 2.33. The molecule has 1 heteroatoms. The van der Waals surface area contributed by atoms with Gasteiger partial charge in [0, 0.05) is 12.6 Å². The van der Waals surface area contributed by atoms with E-state index in [0.29, 0.717) is 0 Å². The Morgan fingerprint density at radius 3 is 2.73 bits per heavy atom. The summed E-state index contributed by atoms with van der Waals surface area (Å²) in [6, 6.07) is 11.9. The number of benzene rings is 1. The topological polar surface area (TPSA) is 3.24 Å². The van der Waals surface area contributed by atoms with E-state index in [1.165, 1.54) is 38.8 Å². The molecular formula is C14H19N. The molecule has 15 heavy (non-hydrogen) atoms. The van der Waals surface area contributed by atoms with Crippen molar-refractivity contribution in [2.45, 2.75) is 37.6 Å². The maximum atomic E-state index is 2.71. The summed E-state index contributed by atoms with van der Waals surface area (Å²) < 4.78 is 0. The lowest BCUT2D eigenvalue weighted by atomic mass is 9.94. The fraction of sp³-hybridized carbons (Fsp3) is 0.571. The SMILES string of the molecule is c1ccc([C@H]2C[C@H]3CCCCN3C2)cc1. The van der Waals surface area contributed by atoms with Gasteiger partial charge in [0.1, 0.15) is 0 Å². The molecule has 80 valence electrons. The van der Waals surface area contributed by atoms with E-state index in [4.69, 9.17) is 0 Å². The summed E-state index contributed by atoms with van der Waals surface area (Å²) in [5, 5.41) is 0. The Labute approximate surface area is 92.1 Å². The van der Waals surface area contributed by atoms with Crippen LogP contribution in [0.4, 0.5) is 0 Å². The molecule has 2 heterocycles. The van der Waals surface area contributed by atoms with Gasteiger partial charge < -0.3 is 0 Å². The molecule has 2 saturated heterocycles. The second kappa shape index (κ2) is 3.97. The molecule has 0 aliphatic carbocycles. The van der Waals surface area contributed by atoms with Crippen molar-refractivity contribution in [3.63, 3.8) is 0 Å². The number of fused-ring (bicyclic) bond motifs is 1. The van der Waals surface area contributed by atoms with Crippen LogP contribution in [0.25, 0.3) is 0 Å². The van der Waals surface area contributed by atoms with Gasteiger partial charge in [-0.15, -0.1) is 0 Å². The van der Waals surface area contributed by atoms with E-state index in [1.54, 1.807) is 5.56 Å². The average Bonchev–Trinajstić information content (AvgIpc) is 2.74. The maximum absolute atomic E-state index is 2.71. The van der Waals surface area contributed by atoms with E-state index in [-0.39, 0.29) is 0 Å². The van der Waals surface area contributed by atoms with Gasteiger partial charge in [-0.05, 0) is 37.3 Å². The maximum Gasteiger partial charge on any atom is 0.0102 e. The lowest BCUT2D eigenvalue weighted by Gasteiger charge is -2.28. The van der Waals surface area contributed by atoms with Gasteiger partial charge in [-0.1, -0.05) is 36.8 Å². The molecular weight excluding hydrogens is 182 g/mol. The molecule has 0 saturated carbocycles. The van der Waals surface area contributed by atoms with Crippen LogP contribution in [0.1, 0.15) is 37.2 Å². The summed E-state index contributed by atoms with van der Waals surface area (Å²) in [5.74, 6) is 0.800. The van der Waals surface area contributed by atoms with Gasteiger partial charge in [0.15, 0.2) is 0 Å². The van der Waals surface area contributed by atoms with Crippen molar-refractivity contribution in [3.05, 3.63) is 35.9 Å². The summed E-state index contributed by atoms with van der Waals surface area (Å²) >= 11 is 0. The van der Waals surface area contributed by atoms with E-state index in [9.17, 15) is 0 Å². The van der Waals surface area contributed by atoms with Gasteiger partial charge in [0.25, 0.3) is 0 Å². The van der Waals surface area contributed by atoms with E-state index in [1.807, 2.05) is 0 Å². The molecule has 0 bridgehead atoms.